The van der Waals surface area contributed by atoms with Crippen molar-refractivity contribution in [3.8, 4) is 0 Å². The summed E-state index contributed by atoms with van der Waals surface area (Å²) in [6.45, 7) is 9.54. The number of hydrogen-bond donors (Lipinski definition) is 1. The highest BCUT2D eigenvalue weighted by atomic mass is 16.3. The Morgan fingerprint density at radius 1 is 1.44 bits per heavy atom. The van der Waals surface area contributed by atoms with Crippen molar-refractivity contribution in [3.05, 3.63) is 18.7 Å². The van der Waals surface area contributed by atoms with Gasteiger partial charge >= 0.3 is 0 Å². The van der Waals surface area contributed by atoms with Crippen molar-refractivity contribution >= 4 is 0 Å². The lowest BCUT2D eigenvalue weighted by Gasteiger charge is -2.27. The topological polar surface area (TPSA) is 41.3 Å². The van der Waals surface area contributed by atoms with Gasteiger partial charge in [-0.3, -0.25) is 0 Å². The minimum absolute atomic E-state index is 0.606. The van der Waals surface area contributed by atoms with Crippen LogP contribution in [-0.2, 0) is 6.54 Å². The number of hydrogen-bond acceptors (Lipinski definition) is 3. The van der Waals surface area contributed by atoms with E-state index >= 15 is 0 Å². The number of rotatable bonds is 7. The third-order valence-corrected chi connectivity index (χ3v) is 2.51. The van der Waals surface area contributed by atoms with Crippen LogP contribution in [0.25, 0.3) is 0 Å². The molecule has 0 bridgehead atoms. The van der Waals surface area contributed by atoms with E-state index in [0.717, 1.165) is 32.6 Å². The molecule has 0 radical (unpaired) electrons. The number of aromatic nitrogens is 2. The second-order valence-electron chi connectivity index (χ2n) is 4.84. The summed E-state index contributed by atoms with van der Waals surface area (Å²) >= 11 is 0. The average molecular weight is 225 g/mol. The largest absolute Gasteiger partial charge is 0.389 e. The van der Waals surface area contributed by atoms with Crippen LogP contribution < -0.4 is 0 Å². The van der Waals surface area contributed by atoms with Gasteiger partial charge in [-0.2, -0.15) is 0 Å². The molecule has 0 fully saturated rings. The van der Waals surface area contributed by atoms with Crippen LogP contribution in [0.4, 0.5) is 0 Å². The fourth-order valence-corrected chi connectivity index (χ4v) is 1.79. The van der Waals surface area contributed by atoms with Gasteiger partial charge in [0.1, 0.15) is 0 Å². The van der Waals surface area contributed by atoms with Crippen LogP contribution in [0.5, 0.6) is 0 Å². The lowest BCUT2D eigenvalue weighted by molar-refractivity contribution is 0.0372. The van der Waals surface area contributed by atoms with Gasteiger partial charge in [-0.1, -0.05) is 6.92 Å². The van der Waals surface area contributed by atoms with Gasteiger partial charge < -0.3 is 14.6 Å². The van der Waals surface area contributed by atoms with Crippen molar-refractivity contribution in [2.24, 2.45) is 0 Å². The van der Waals surface area contributed by atoms with Gasteiger partial charge in [0, 0.05) is 25.5 Å². The second-order valence-corrected chi connectivity index (χ2v) is 4.84. The van der Waals surface area contributed by atoms with E-state index in [1.165, 1.54) is 0 Å². The molecule has 4 nitrogen and oxygen atoms in total. The molecule has 0 amide bonds. The first kappa shape index (κ1) is 13.2. The van der Waals surface area contributed by atoms with E-state index in [1.54, 1.807) is 6.20 Å². The molecule has 0 aliphatic heterocycles. The van der Waals surface area contributed by atoms with Crippen molar-refractivity contribution in [1.82, 2.24) is 14.5 Å². The number of nitrogens with zero attached hydrogens (tertiary/aromatic N) is 3. The number of imidazole rings is 1. The average Bonchev–Trinajstić information content (AvgIpc) is 2.67. The third kappa shape index (κ3) is 5.28. The number of aliphatic hydroxyl groups is 1. The van der Waals surface area contributed by atoms with Gasteiger partial charge in [-0.05, 0) is 33.4 Å². The van der Waals surface area contributed by atoms with Crippen molar-refractivity contribution < 1.29 is 5.11 Å². The standard InChI is InChI=1S/C12H23N3O/c1-4-14(10-12(2,3)16)7-5-8-15-9-6-13-11-15/h6,9,11,16H,4-5,7-8,10H2,1-3H3. The fourth-order valence-electron chi connectivity index (χ4n) is 1.79. The molecule has 0 aromatic carbocycles. The highest BCUT2D eigenvalue weighted by molar-refractivity contribution is 4.75. The molecule has 1 aromatic heterocycles. The summed E-state index contributed by atoms with van der Waals surface area (Å²) in [7, 11) is 0. The molecule has 92 valence electrons. The maximum absolute atomic E-state index is 9.75. The Balaban J connectivity index is 2.24. The highest BCUT2D eigenvalue weighted by Gasteiger charge is 2.16. The van der Waals surface area contributed by atoms with Crippen LogP contribution >= 0.6 is 0 Å². The summed E-state index contributed by atoms with van der Waals surface area (Å²) in [6.07, 6.45) is 6.70. The summed E-state index contributed by atoms with van der Waals surface area (Å²) in [5, 5.41) is 9.75. The van der Waals surface area contributed by atoms with Crippen molar-refractivity contribution in [2.45, 2.75) is 39.3 Å². The maximum Gasteiger partial charge on any atom is 0.0945 e. The summed E-state index contributed by atoms with van der Waals surface area (Å²) < 4.78 is 2.08. The van der Waals surface area contributed by atoms with Crippen LogP contribution in [0.1, 0.15) is 27.2 Å². The molecule has 4 heteroatoms. The first-order valence-electron chi connectivity index (χ1n) is 5.92. The Morgan fingerprint density at radius 3 is 2.69 bits per heavy atom. The van der Waals surface area contributed by atoms with E-state index in [2.05, 4.69) is 21.4 Å². The molecule has 0 aliphatic rings. The Labute approximate surface area is 97.9 Å². The van der Waals surface area contributed by atoms with Crippen molar-refractivity contribution in [1.29, 1.82) is 0 Å². The van der Waals surface area contributed by atoms with E-state index in [-0.39, 0.29) is 0 Å². The van der Waals surface area contributed by atoms with Crippen LogP contribution in [-0.4, -0.2) is 44.8 Å². The molecular formula is C12H23N3O. The van der Waals surface area contributed by atoms with Crippen LogP contribution in [0.2, 0.25) is 0 Å². The van der Waals surface area contributed by atoms with Gasteiger partial charge in [0.05, 0.1) is 11.9 Å². The lowest BCUT2D eigenvalue weighted by Crippen LogP contribution is -2.39. The second kappa shape index (κ2) is 6.01. The minimum atomic E-state index is -0.606. The quantitative estimate of drug-likeness (QED) is 0.762. The molecule has 1 aromatic rings. The third-order valence-electron chi connectivity index (χ3n) is 2.51. The van der Waals surface area contributed by atoms with Gasteiger partial charge in [0.2, 0.25) is 0 Å². The lowest BCUT2D eigenvalue weighted by atomic mass is 10.1. The van der Waals surface area contributed by atoms with Crippen molar-refractivity contribution in [3.63, 3.8) is 0 Å². The molecule has 0 saturated heterocycles. The van der Waals surface area contributed by atoms with E-state index in [0.29, 0.717) is 0 Å². The van der Waals surface area contributed by atoms with E-state index in [1.807, 2.05) is 26.4 Å². The van der Waals surface area contributed by atoms with E-state index in [9.17, 15) is 5.11 Å². The zero-order valence-electron chi connectivity index (χ0n) is 10.6. The molecule has 0 saturated carbocycles. The Bertz CT molecular complexity index is 277. The van der Waals surface area contributed by atoms with Gasteiger partial charge in [0.15, 0.2) is 0 Å². The summed E-state index contributed by atoms with van der Waals surface area (Å²) in [4.78, 5) is 6.28. The predicted molar refractivity (Wildman–Crippen MR) is 65.3 cm³/mol. The summed E-state index contributed by atoms with van der Waals surface area (Å²) in [5.74, 6) is 0. The molecule has 16 heavy (non-hydrogen) atoms. The minimum Gasteiger partial charge on any atom is -0.389 e. The first-order valence-corrected chi connectivity index (χ1v) is 5.92. The molecule has 1 rings (SSSR count). The SMILES string of the molecule is CCN(CCCn1ccnc1)CC(C)(C)O. The maximum atomic E-state index is 9.75. The summed E-state index contributed by atoms with van der Waals surface area (Å²) in [5.41, 5.74) is -0.606. The fraction of sp³-hybridized carbons (Fsp3) is 0.750. The normalized spacial score (nSPS) is 12.3. The number of aryl methyl sites for hydroxylation is 1. The van der Waals surface area contributed by atoms with Crippen LogP contribution in [0.3, 0.4) is 0 Å². The van der Waals surface area contributed by atoms with Gasteiger partial charge in [-0.25, -0.2) is 4.98 Å². The van der Waals surface area contributed by atoms with E-state index in [4.69, 9.17) is 0 Å². The molecule has 1 N–H and O–H groups in total. The smallest absolute Gasteiger partial charge is 0.0945 e. The highest BCUT2D eigenvalue weighted by Crippen LogP contribution is 2.05. The molecule has 0 unspecified atom stereocenters. The Morgan fingerprint density at radius 2 is 2.19 bits per heavy atom. The van der Waals surface area contributed by atoms with Crippen LogP contribution in [0.15, 0.2) is 18.7 Å². The first-order chi connectivity index (χ1) is 7.51. The zero-order chi connectivity index (χ0) is 12.0. The summed E-state index contributed by atoms with van der Waals surface area (Å²) in [6, 6.07) is 0. The molecule has 0 spiro atoms. The van der Waals surface area contributed by atoms with Gasteiger partial charge in [0.25, 0.3) is 0 Å². The van der Waals surface area contributed by atoms with Gasteiger partial charge in [-0.15, -0.1) is 0 Å². The zero-order valence-corrected chi connectivity index (χ0v) is 10.6. The van der Waals surface area contributed by atoms with Crippen LogP contribution in [0, 0.1) is 0 Å². The molecule has 1 heterocycles. The molecule has 0 aliphatic carbocycles. The van der Waals surface area contributed by atoms with Crippen molar-refractivity contribution in [2.75, 3.05) is 19.6 Å². The molecular weight excluding hydrogens is 202 g/mol. The Kier molecular flexibility index (Phi) is 4.96. The molecule has 0 atom stereocenters. The number of likely N-dealkylation sites (N-methyl/N-ethyl adjacent to an activating group) is 1. The van der Waals surface area contributed by atoms with E-state index < -0.39 is 5.60 Å². The monoisotopic (exact) mass is 225 g/mol. The Hall–Kier alpha value is -0.870. The predicted octanol–water partition coefficient (Wildman–Crippen LogP) is 1.37.